The summed E-state index contributed by atoms with van der Waals surface area (Å²) in [6, 6.07) is 16.2. The molecule has 1 heterocycles. The molecule has 1 aliphatic rings. The zero-order valence-electron chi connectivity index (χ0n) is 16.4. The Morgan fingerprint density at radius 2 is 1.41 bits per heavy atom. The first-order chi connectivity index (χ1) is 12.5. The monoisotopic (exact) mass is 384 g/mol. The molecule has 6 heteroatoms. The lowest BCUT2D eigenvalue weighted by molar-refractivity contribution is 0.00578. The Kier molecular flexibility index (Phi) is 5.10. The van der Waals surface area contributed by atoms with Crippen LogP contribution in [0.5, 0.6) is 0 Å². The first-order valence-electron chi connectivity index (χ1n) is 8.96. The highest BCUT2D eigenvalue weighted by atomic mass is 32.2. The molecule has 2 aromatic carbocycles. The van der Waals surface area contributed by atoms with E-state index in [9.17, 15) is 8.42 Å². The standard InChI is InChI=1S/C21H25BO4S/c1-16-11-13-18(14-12-16)27(23,24)15-19(17-9-7-6-8-10-17)22-25-20(2,3)21(4,5)26-22/h6-15H,1-5H3/b19-15-. The van der Waals surface area contributed by atoms with E-state index < -0.39 is 28.2 Å². The highest BCUT2D eigenvalue weighted by molar-refractivity contribution is 7.94. The molecule has 0 unspecified atom stereocenters. The molecule has 1 saturated heterocycles. The van der Waals surface area contributed by atoms with E-state index in [1.54, 1.807) is 24.3 Å². The van der Waals surface area contributed by atoms with E-state index >= 15 is 0 Å². The molecule has 0 aromatic heterocycles. The third kappa shape index (κ3) is 4.03. The molecule has 0 N–H and O–H groups in total. The maximum atomic E-state index is 13.0. The third-order valence-corrected chi connectivity index (χ3v) is 6.74. The molecule has 0 radical (unpaired) electrons. The Bertz CT molecular complexity index is 929. The number of benzene rings is 2. The second-order valence-corrected chi connectivity index (χ2v) is 9.68. The minimum absolute atomic E-state index is 0.248. The van der Waals surface area contributed by atoms with Crippen LogP contribution in [0.4, 0.5) is 0 Å². The summed E-state index contributed by atoms with van der Waals surface area (Å²) in [6.07, 6.45) is 0. The van der Waals surface area contributed by atoms with Gasteiger partial charge in [0.05, 0.1) is 16.1 Å². The molecule has 0 aliphatic carbocycles. The average molecular weight is 384 g/mol. The summed E-state index contributed by atoms with van der Waals surface area (Å²) in [5.41, 5.74) is 1.15. The van der Waals surface area contributed by atoms with E-state index in [1.807, 2.05) is 65.0 Å². The van der Waals surface area contributed by atoms with E-state index in [-0.39, 0.29) is 4.90 Å². The number of hydrogen-bond acceptors (Lipinski definition) is 4. The molecule has 0 atom stereocenters. The summed E-state index contributed by atoms with van der Waals surface area (Å²) >= 11 is 0. The predicted octanol–water partition coefficient (Wildman–Crippen LogP) is 4.44. The van der Waals surface area contributed by atoms with E-state index in [0.29, 0.717) is 5.47 Å². The van der Waals surface area contributed by atoms with Gasteiger partial charge in [0.25, 0.3) is 0 Å². The maximum absolute atomic E-state index is 13.0. The molecular formula is C21H25BO4S. The van der Waals surface area contributed by atoms with Crippen molar-refractivity contribution in [3.63, 3.8) is 0 Å². The summed E-state index contributed by atoms with van der Waals surface area (Å²) in [7, 11) is -4.42. The van der Waals surface area contributed by atoms with Crippen LogP contribution in [0, 0.1) is 6.92 Å². The lowest BCUT2D eigenvalue weighted by atomic mass is 9.75. The van der Waals surface area contributed by atoms with Gasteiger partial charge in [-0.05, 0) is 52.3 Å². The average Bonchev–Trinajstić information content (AvgIpc) is 2.81. The molecule has 4 nitrogen and oxygen atoms in total. The smallest absolute Gasteiger partial charge is 0.399 e. The molecule has 1 aliphatic heterocycles. The van der Waals surface area contributed by atoms with Gasteiger partial charge in [-0.1, -0.05) is 48.0 Å². The van der Waals surface area contributed by atoms with Crippen LogP contribution in [0.15, 0.2) is 64.9 Å². The van der Waals surface area contributed by atoms with Crippen molar-refractivity contribution in [3.05, 3.63) is 71.1 Å². The third-order valence-electron chi connectivity index (χ3n) is 5.25. The van der Waals surface area contributed by atoms with Crippen molar-refractivity contribution in [2.45, 2.75) is 50.7 Å². The summed E-state index contributed by atoms with van der Waals surface area (Å²) in [4.78, 5) is 0.248. The van der Waals surface area contributed by atoms with Crippen LogP contribution in [0.3, 0.4) is 0 Å². The molecule has 27 heavy (non-hydrogen) atoms. The van der Waals surface area contributed by atoms with Gasteiger partial charge >= 0.3 is 7.12 Å². The number of aryl methyl sites for hydroxylation is 1. The zero-order chi connectivity index (χ0) is 19.9. The highest BCUT2D eigenvalue weighted by Crippen LogP contribution is 2.41. The van der Waals surface area contributed by atoms with Crippen LogP contribution >= 0.6 is 0 Å². The molecule has 0 spiro atoms. The van der Waals surface area contributed by atoms with Crippen LogP contribution in [0.2, 0.25) is 0 Å². The van der Waals surface area contributed by atoms with Crippen LogP contribution in [-0.2, 0) is 19.1 Å². The first kappa shape index (κ1) is 19.9. The molecule has 142 valence electrons. The van der Waals surface area contributed by atoms with Crippen LogP contribution < -0.4 is 0 Å². The fourth-order valence-electron chi connectivity index (χ4n) is 2.82. The molecule has 3 rings (SSSR count). The van der Waals surface area contributed by atoms with E-state index in [4.69, 9.17) is 9.31 Å². The second kappa shape index (κ2) is 6.93. The topological polar surface area (TPSA) is 52.6 Å². The Morgan fingerprint density at radius 3 is 1.93 bits per heavy atom. The number of rotatable bonds is 4. The van der Waals surface area contributed by atoms with Gasteiger partial charge in [0.15, 0.2) is 9.84 Å². The molecule has 0 bridgehead atoms. The van der Waals surface area contributed by atoms with Gasteiger partial charge in [0.1, 0.15) is 0 Å². The summed E-state index contributed by atoms with van der Waals surface area (Å²) in [6.45, 7) is 9.72. The molecular weight excluding hydrogens is 359 g/mol. The Morgan fingerprint density at radius 1 is 0.889 bits per heavy atom. The number of hydrogen-bond donors (Lipinski definition) is 0. The lowest BCUT2D eigenvalue weighted by Crippen LogP contribution is -2.41. The summed E-state index contributed by atoms with van der Waals surface area (Å²) < 4.78 is 38.3. The number of sulfone groups is 1. The van der Waals surface area contributed by atoms with E-state index in [0.717, 1.165) is 11.1 Å². The Hall–Kier alpha value is -1.89. The van der Waals surface area contributed by atoms with Crippen molar-refractivity contribution in [3.8, 4) is 0 Å². The van der Waals surface area contributed by atoms with Gasteiger partial charge < -0.3 is 9.31 Å². The molecule has 1 fully saturated rings. The minimum Gasteiger partial charge on any atom is -0.399 e. The van der Waals surface area contributed by atoms with Crippen molar-refractivity contribution < 1.29 is 17.7 Å². The van der Waals surface area contributed by atoms with E-state index in [1.165, 1.54) is 5.41 Å². The summed E-state index contributed by atoms with van der Waals surface area (Å²) in [5, 5.41) is 1.27. The van der Waals surface area contributed by atoms with Gasteiger partial charge in [-0.15, -0.1) is 0 Å². The van der Waals surface area contributed by atoms with Gasteiger partial charge in [0, 0.05) is 10.9 Å². The van der Waals surface area contributed by atoms with Crippen molar-refractivity contribution in [1.29, 1.82) is 0 Å². The zero-order valence-corrected chi connectivity index (χ0v) is 17.2. The van der Waals surface area contributed by atoms with Gasteiger partial charge in [0.2, 0.25) is 0 Å². The van der Waals surface area contributed by atoms with Gasteiger partial charge in [-0.25, -0.2) is 8.42 Å². The van der Waals surface area contributed by atoms with Crippen molar-refractivity contribution in [2.75, 3.05) is 0 Å². The summed E-state index contributed by atoms with van der Waals surface area (Å²) in [5.74, 6) is 0. The van der Waals surface area contributed by atoms with Crippen LogP contribution in [0.25, 0.3) is 5.47 Å². The lowest BCUT2D eigenvalue weighted by Gasteiger charge is -2.32. The minimum atomic E-state index is -3.66. The SMILES string of the molecule is Cc1ccc(S(=O)(=O)/C=C(\B2OC(C)(C)C(C)(C)O2)c2ccccc2)cc1. The second-order valence-electron chi connectivity index (χ2n) is 7.89. The van der Waals surface area contributed by atoms with Crippen molar-refractivity contribution in [1.82, 2.24) is 0 Å². The van der Waals surface area contributed by atoms with E-state index in [2.05, 4.69) is 0 Å². The fourth-order valence-corrected chi connectivity index (χ4v) is 4.06. The Balaban J connectivity index is 2.09. The van der Waals surface area contributed by atoms with Gasteiger partial charge in [-0.2, -0.15) is 0 Å². The molecule has 0 saturated carbocycles. The largest absolute Gasteiger partial charge is 0.496 e. The Labute approximate surface area is 162 Å². The van der Waals surface area contributed by atoms with Crippen LogP contribution in [0.1, 0.15) is 38.8 Å². The maximum Gasteiger partial charge on any atom is 0.496 e. The highest BCUT2D eigenvalue weighted by Gasteiger charge is 2.52. The van der Waals surface area contributed by atoms with Crippen molar-refractivity contribution >= 4 is 22.4 Å². The first-order valence-corrected chi connectivity index (χ1v) is 10.5. The molecule has 0 amide bonds. The quantitative estimate of drug-likeness (QED) is 0.732. The predicted molar refractivity (Wildman–Crippen MR) is 109 cm³/mol. The molecule has 2 aromatic rings. The fraction of sp³-hybridized carbons (Fsp3) is 0.333. The van der Waals surface area contributed by atoms with Gasteiger partial charge in [-0.3, -0.25) is 0 Å². The normalized spacial score (nSPS) is 19.3. The van der Waals surface area contributed by atoms with Crippen LogP contribution in [-0.4, -0.2) is 26.7 Å². The van der Waals surface area contributed by atoms with Crippen molar-refractivity contribution in [2.24, 2.45) is 0 Å².